The Balaban J connectivity index is 2.91. The quantitative estimate of drug-likeness (QED) is 0.308. The third-order valence-corrected chi connectivity index (χ3v) is 7.91. The molecule has 0 aliphatic carbocycles. The Morgan fingerprint density at radius 1 is 1.23 bits per heavy atom. The van der Waals surface area contributed by atoms with Crippen LogP contribution >= 0.6 is 67.8 Å². The van der Waals surface area contributed by atoms with E-state index in [-0.39, 0.29) is 1.43 Å². The molecule has 13 heavy (non-hydrogen) atoms. The number of halogens is 3. The third-order valence-electron chi connectivity index (χ3n) is 1.70. The summed E-state index contributed by atoms with van der Waals surface area (Å²) in [5, 5.41) is 0. The predicted molar refractivity (Wildman–Crippen MR) is 84.2 cm³/mol. The predicted octanol–water partition coefficient (Wildman–Crippen LogP) is 4.92. The summed E-state index contributed by atoms with van der Waals surface area (Å²) in [4.78, 5) is 0. The Bertz CT molecular complexity index is 279. The van der Waals surface area contributed by atoms with Gasteiger partial charge in [-0.2, -0.15) is 0 Å². The minimum Gasteiger partial charge on any atom is -0.101 e. The summed E-state index contributed by atoms with van der Waals surface area (Å²) in [6.07, 6.45) is 2.00. The summed E-state index contributed by atoms with van der Waals surface area (Å²) in [5.41, 5.74) is 1.35. The van der Waals surface area contributed by atoms with E-state index in [1.807, 2.05) is 12.1 Å². The van der Waals surface area contributed by atoms with E-state index in [0.717, 1.165) is 0 Å². The van der Waals surface area contributed by atoms with Gasteiger partial charge in [0.05, 0.1) is 3.92 Å². The molecule has 3 heteroatoms. The maximum atomic E-state index is 3.86. The Morgan fingerprint density at radius 2 is 1.77 bits per heavy atom. The highest BCUT2D eigenvalue weighted by molar-refractivity contribution is 14.2. The molecular formula is C10H9I3. The SMILES string of the molecule is C=CC(I)(I)C(I)c1ccccc1. The smallest absolute Gasteiger partial charge is 0.101 e. The lowest BCUT2D eigenvalue weighted by atomic mass is 10.1. The van der Waals surface area contributed by atoms with E-state index in [4.69, 9.17) is 0 Å². The molecule has 0 aliphatic heterocycles. The maximum absolute atomic E-state index is 3.86. The Labute approximate surface area is 120 Å². The van der Waals surface area contributed by atoms with E-state index in [2.05, 4.69) is 98.6 Å². The largest absolute Gasteiger partial charge is 0.107 e. The molecule has 0 saturated heterocycles. The van der Waals surface area contributed by atoms with Gasteiger partial charge in [0.25, 0.3) is 0 Å². The molecule has 1 aromatic carbocycles. The van der Waals surface area contributed by atoms with Gasteiger partial charge < -0.3 is 0 Å². The van der Waals surface area contributed by atoms with Crippen LogP contribution in [-0.2, 0) is 0 Å². The number of allylic oxidation sites excluding steroid dienone is 1. The summed E-state index contributed by atoms with van der Waals surface area (Å²) in [7, 11) is 0. The summed E-state index contributed by atoms with van der Waals surface area (Å²) >= 11 is 7.32. The summed E-state index contributed by atoms with van der Waals surface area (Å²) in [6.45, 7) is 3.86. The normalized spacial score (nSPS) is 13.8. The Kier molecular flexibility index (Phi) is 4.98. The van der Waals surface area contributed by atoms with Crippen LogP contribution in [0.5, 0.6) is 0 Å². The summed E-state index contributed by atoms with van der Waals surface area (Å²) in [5.74, 6) is 0. The average molecular weight is 510 g/mol. The monoisotopic (exact) mass is 510 g/mol. The second kappa shape index (κ2) is 5.29. The van der Waals surface area contributed by atoms with Crippen molar-refractivity contribution in [2.45, 2.75) is 5.35 Å². The van der Waals surface area contributed by atoms with E-state index < -0.39 is 0 Å². The molecule has 0 heterocycles. The van der Waals surface area contributed by atoms with E-state index in [9.17, 15) is 0 Å². The number of rotatable bonds is 3. The van der Waals surface area contributed by atoms with Crippen molar-refractivity contribution < 1.29 is 0 Å². The molecule has 0 aromatic heterocycles. The van der Waals surface area contributed by atoms with Gasteiger partial charge in [-0.25, -0.2) is 0 Å². The van der Waals surface area contributed by atoms with E-state index in [0.29, 0.717) is 3.92 Å². The van der Waals surface area contributed by atoms with Gasteiger partial charge in [-0.3, -0.25) is 0 Å². The molecule has 0 aliphatic rings. The highest BCUT2D eigenvalue weighted by atomic mass is 127. The van der Waals surface area contributed by atoms with Gasteiger partial charge >= 0.3 is 0 Å². The van der Waals surface area contributed by atoms with Crippen LogP contribution in [0.3, 0.4) is 0 Å². The van der Waals surface area contributed by atoms with Crippen molar-refractivity contribution in [1.29, 1.82) is 0 Å². The van der Waals surface area contributed by atoms with Crippen LogP contribution in [0, 0.1) is 0 Å². The van der Waals surface area contributed by atoms with Crippen molar-refractivity contribution in [1.82, 2.24) is 0 Å². The average Bonchev–Trinajstić information content (AvgIpc) is 2.18. The fraction of sp³-hybridized carbons (Fsp3) is 0.200. The van der Waals surface area contributed by atoms with Gasteiger partial charge in [-0.05, 0) is 5.56 Å². The summed E-state index contributed by atoms with van der Waals surface area (Å²) in [6, 6.07) is 10.5. The van der Waals surface area contributed by atoms with Crippen molar-refractivity contribution >= 4 is 67.8 Å². The molecule has 1 aromatic rings. The van der Waals surface area contributed by atoms with E-state index in [1.165, 1.54) is 5.56 Å². The third kappa shape index (κ3) is 3.33. The second-order valence-electron chi connectivity index (χ2n) is 2.65. The lowest BCUT2D eigenvalue weighted by molar-refractivity contribution is 1.04. The van der Waals surface area contributed by atoms with Crippen LogP contribution in [0.25, 0.3) is 0 Å². The molecule has 0 saturated carbocycles. The number of hydrogen-bond donors (Lipinski definition) is 0. The minimum atomic E-state index is 0.0947. The molecule has 1 atom stereocenters. The van der Waals surface area contributed by atoms with Crippen LogP contribution in [-0.4, -0.2) is 1.43 Å². The molecule has 0 spiro atoms. The molecule has 0 nitrogen and oxygen atoms in total. The zero-order chi connectivity index (χ0) is 9.90. The fourth-order valence-electron chi connectivity index (χ4n) is 0.948. The second-order valence-corrected chi connectivity index (χ2v) is 9.53. The highest BCUT2D eigenvalue weighted by Crippen LogP contribution is 2.47. The van der Waals surface area contributed by atoms with Crippen LogP contribution in [0.4, 0.5) is 0 Å². The lowest BCUT2D eigenvalue weighted by Crippen LogP contribution is -2.13. The Morgan fingerprint density at radius 3 is 2.23 bits per heavy atom. The topological polar surface area (TPSA) is 0 Å². The van der Waals surface area contributed by atoms with Crippen LogP contribution in [0.2, 0.25) is 0 Å². The number of alkyl halides is 3. The van der Waals surface area contributed by atoms with Crippen molar-refractivity contribution in [2.75, 3.05) is 0 Å². The zero-order valence-corrected chi connectivity index (χ0v) is 13.4. The standard InChI is InChI=1S/C10H9I3/c1-2-10(12,13)9(11)8-6-4-3-5-7-8/h2-7,9H,1H2. The van der Waals surface area contributed by atoms with Gasteiger partial charge in [-0.15, -0.1) is 6.58 Å². The van der Waals surface area contributed by atoms with Crippen molar-refractivity contribution in [2.24, 2.45) is 0 Å². The van der Waals surface area contributed by atoms with E-state index in [1.54, 1.807) is 0 Å². The molecule has 0 amide bonds. The van der Waals surface area contributed by atoms with Crippen LogP contribution in [0.15, 0.2) is 43.0 Å². The minimum absolute atomic E-state index is 0.0947. The molecule has 0 bridgehead atoms. The van der Waals surface area contributed by atoms with Gasteiger partial charge in [0, 0.05) is 0 Å². The van der Waals surface area contributed by atoms with Crippen molar-refractivity contribution in [3.63, 3.8) is 0 Å². The van der Waals surface area contributed by atoms with Gasteiger partial charge in [0.1, 0.15) is 1.43 Å². The molecule has 0 N–H and O–H groups in total. The first kappa shape index (κ1) is 12.2. The zero-order valence-electron chi connectivity index (χ0n) is 6.88. The van der Waals surface area contributed by atoms with Gasteiger partial charge in [0.2, 0.25) is 0 Å². The molecule has 70 valence electrons. The van der Waals surface area contributed by atoms with Crippen LogP contribution in [0.1, 0.15) is 9.49 Å². The first-order valence-corrected chi connectivity index (χ1v) is 7.18. The molecule has 1 unspecified atom stereocenters. The van der Waals surface area contributed by atoms with Gasteiger partial charge in [-0.1, -0.05) is 104 Å². The Hall–Kier alpha value is 1.15. The summed E-state index contributed by atoms with van der Waals surface area (Å²) < 4.78 is 0.558. The lowest BCUT2D eigenvalue weighted by Gasteiger charge is -2.22. The van der Waals surface area contributed by atoms with Gasteiger partial charge in [0.15, 0.2) is 0 Å². The molecule has 1 rings (SSSR count). The maximum Gasteiger partial charge on any atom is 0.107 e. The van der Waals surface area contributed by atoms with Crippen molar-refractivity contribution in [3.8, 4) is 0 Å². The molecule has 0 fully saturated rings. The number of benzene rings is 1. The first-order chi connectivity index (χ1) is 6.08. The van der Waals surface area contributed by atoms with Crippen LogP contribution < -0.4 is 0 Å². The fourth-order valence-corrected chi connectivity index (χ4v) is 2.34. The first-order valence-electron chi connectivity index (χ1n) is 3.78. The molecule has 0 radical (unpaired) electrons. The molecular weight excluding hydrogens is 501 g/mol. The van der Waals surface area contributed by atoms with Crippen molar-refractivity contribution in [3.05, 3.63) is 48.6 Å². The highest BCUT2D eigenvalue weighted by Gasteiger charge is 2.28. The van der Waals surface area contributed by atoms with E-state index >= 15 is 0 Å². The number of hydrogen-bond acceptors (Lipinski definition) is 0.